The third-order valence-electron chi connectivity index (χ3n) is 6.24. The monoisotopic (exact) mass is 347 g/mol. The van der Waals surface area contributed by atoms with Gasteiger partial charge in [-0.2, -0.15) is 0 Å². The van der Waals surface area contributed by atoms with Gasteiger partial charge in [-0.05, 0) is 48.9 Å². The van der Waals surface area contributed by atoms with Crippen molar-refractivity contribution < 1.29 is 23.8 Å². The Hall–Kier alpha value is -2.11. The van der Waals surface area contributed by atoms with Crippen molar-refractivity contribution >= 4 is 11.9 Å². The maximum absolute atomic E-state index is 13.0. The number of rotatable bonds is 4. The van der Waals surface area contributed by atoms with Gasteiger partial charge in [-0.15, -0.1) is 0 Å². The molecule has 4 rings (SSSR count). The number of amides is 1. The van der Waals surface area contributed by atoms with Gasteiger partial charge in [0.2, 0.25) is 11.5 Å². The van der Waals surface area contributed by atoms with E-state index >= 15 is 0 Å². The van der Waals surface area contributed by atoms with Gasteiger partial charge < -0.3 is 14.7 Å². The van der Waals surface area contributed by atoms with Crippen molar-refractivity contribution in [2.45, 2.75) is 44.1 Å². The number of hydrogen-bond acceptors (Lipinski definition) is 3. The van der Waals surface area contributed by atoms with Gasteiger partial charge in [0.05, 0.1) is 0 Å². The fraction of sp³-hybridized carbons (Fsp3) is 0.579. The van der Waals surface area contributed by atoms with Crippen LogP contribution in [0.3, 0.4) is 0 Å². The maximum atomic E-state index is 13.0. The molecule has 3 aliphatic rings. The zero-order chi connectivity index (χ0) is 17.7. The van der Waals surface area contributed by atoms with Gasteiger partial charge in [-0.3, -0.25) is 4.79 Å². The highest BCUT2D eigenvalue weighted by Gasteiger charge is 2.62. The molecule has 25 heavy (non-hydrogen) atoms. The van der Waals surface area contributed by atoms with Crippen LogP contribution in [0.15, 0.2) is 24.3 Å². The molecule has 1 atom stereocenters. The summed E-state index contributed by atoms with van der Waals surface area (Å²) in [6.45, 7) is 0.776. The van der Waals surface area contributed by atoms with E-state index in [0.717, 1.165) is 19.3 Å². The lowest BCUT2D eigenvalue weighted by Crippen LogP contribution is -2.54. The SMILES string of the molecule is O=C([C@H]1CC12CCC2)N1CCC(Oc2ccc(F)cc2)(C(=O)O)CC1. The number of carboxylic acid groups (broad SMARTS) is 1. The molecule has 2 aliphatic carbocycles. The number of hydrogen-bond donors (Lipinski definition) is 1. The largest absolute Gasteiger partial charge is 0.478 e. The Morgan fingerprint density at radius 3 is 2.24 bits per heavy atom. The number of halogens is 1. The minimum absolute atomic E-state index is 0.150. The highest BCUT2D eigenvalue weighted by Crippen LogP contribution is 2.66. The number of benzene rings is 1. The van der Waals surface area contributed by atoms with Crippen LogP contribution in [0.25, 0.3) is 0 Å². The maximum Gasteiger partial charge on any atom is 0.348 e. The summed E-state index contributed by atoms with van der Waals surface area (Å²) in [5.41, 5.74) is -1.07. The van der Waals surface area contributed by atoms with Crippen LogP contribution >= 0.6 is 0 Å². The molecule has 1 saturated heterocycles. The molecular weight excluding hydrogens is 325 g/mol. The van der Waals surface area contributed by atoms with Crippen molar-refractivity contribution in [2.24, 2.45) is 11.3 Å². The molecule has 1 aromatic carbocycles. The quantitative estimate of drug-likeness (QED) is 0.909. The average Bonchev–Trinajstić information content (AvgIpc) is 3.33. The van der Waals surface area contributed by atoms with Crippen LogP contribution < -0.4 is 4.74 Å². The minimum Gasteiger partial charge on any atom is -0.478 e. The summed E-state index contributed by atoms with van der Waals surface area (Å²) in [5, 5.41) is 9.68. The van der Waals surface area contributed by atoms with Crippen LogP contribution in [0.1, 0.15) is 38.5 Å². The molecule has 1 spiro atoms. The van der Waals surface area contributed by atoms with E-state index in [0.29, 0.717) is 18.8 Å². The third kappa shape index (κ3) is 2.77. The van der Waals surface area contributed by atoms with E-state index in [1.165, 1.54) is 30.7 Å². The van der Waals surface area contributed by atoms with E-state index in [4.69, 9.17) is 4.74 Å². The highest BCUT2D eigenvalue weighted by atomic mass is 19.1. The molecule has 0 radical (unpaired) electrons. The number of carbonyl (C=O) groups is 2. The van der Waals surface area contributed by atoms with Crippen LogP contribution in [-0.4, -0.2) is 40.6 Å². The first-order chi connectivity index (χ1) is 11.9. The highest BCUT2D eigenvalue weighted by molar-refractivity contribution is 5.84. The zero-order valence-corrected chi connectivity index (χ0v) is 14.0. The lowest BCUT2D eigenvalue weighted by molar-refractivity contribution is -0.162. The molecule has 6 heteroatoms. The van der Waals surface area contributed by atoms with Crippen molar-refractivity contribution in [3.05, 3.63) is 30.1 Å². The van der Waals surface area contributed by atoms with Gasteiger partial charge in [0.25, 0.3) is 0 Å². The lowest BCUT2D eigenvalue weighted by atomic mass is 9.79. The number of carbonyl (C=O) groups excluding carboxylic acids is 1. The molecule has 1 N–H and O–H groups in total. The van der Waals surface area contributed by atoms with Gasteiger partial charge >= 0.3 is 5.97 Å². The number of piperidine rings is 1. The fourth-order valence-corrected chi connectivity index (χ4v) is 4.28. The van der Waals surface area contributed by atoms with Crippen molar-refractivity contribution in [1.82, 2.24) is 4.90 Å². The summed E-state index contributed by atoms with van der Waals surface area (Å²) in [6, 6.07) is 5.35. The normalized spacial score (nSPS) is 26.0. The summed E-state index contributed by atoms with van der Waals surface area (Å²) in [5.74, 6) is -0.770. The van der Waals surface area contributed by atoms with E-state index in [1.807, 2.05) is 0 Å². The van der Waals surface area contributed by atoms with Crippen molar-refractivity contribution in [3.8, 4) is 5.75 Å². The van der Waals surface area contributed by atoms with Crippen LogP contribution in [-0.2, 0) is 9.59 Å². The van der Waals surface area contributed by atoms with Crippen LogP contribution in [0.5, 0.6) is 5.75 Å². The summed E-state index contributed by atoms with van der Waals surface area (Å²) >= 11 is 0. The van der Waals surface area contributed by atoms with E-state index in [9.17, 15) is 19.1 Å². The topological polar surface area (TPSA) is 66.8 Å². The van der Waals surface area contributed by atoms with E-state index in [1.54, 1.807) is 4.90 Å². The molecule has 1 heterocycles. The number of likely N-dealkylation sites (tertiary alicyclic amines) is 1. The molecule has 0 unspecified atom stereocenters. The van der Waals surface area contributed by atoms with Crippen LogP contribution in [0.2, 0.25) is 0 Å². The molecule has 0 aromatic heterocycles. The van der Waals surface area contributed by atoms with Gasteiger partial charge in [-0.1, -0.05) is 6.42 Å². The van der Waals surface area contributed by atoms with Gasteiger partial charge in [-0.25, -0.2) is 9.18 Å². The number of nitrogens with zero attached hydrogens (tertiary/aromatic N) is 1. The summed E-state index contributed by atoms with van der Waals surface area (Å²) in [4.78, 5) is 26.3. The third-order valence-corrected chi connectivity index (χ3v) is 6.24. The molecular formula is C19H22FNO4. The Labute approximate surface area is 145 Å². The smallest absolute Gasteiger partial charge is 0.348 e. The Bertz CT molecular complexity index is 690. The number of ether oxygens (including phenoxy) is 1. The molecule has 134 valence electrons. The standard InChI is InChI=1S/C19H22FNO4/c20-13-2-4-14(5-3-13)25-19(17(23)24)8-10-21(11-9-19)16(22)15-12-18(15)6-1-7-18/h2-5,15H,1,6-12H2,(H,23,24)/t15-/m1/s1. The Balaban J connectivity index is 1.41. The first kappa shape index (κ1) is 16.4. The molecule has 1 aliphatic heterocycles. The lowest BCUT2D eigenvalue weighted by Gasteiger charge is -2.39. The number of carboxylic acids is 1. The summed E-state index contributed by atoms with van der Waals surface area (Å²) < 4.78 is 18.8. The first-order valence-electron chi connectivity index (χ1n) is 8.91. The van der Waals surface area contributed by atoms with E-state index < -0.39 is 17.4 Å². The van der Waals surface area contributed by atoms with Crippen LogP contribution in [0.4, 0.5) is 4.39 Å². The predicted molar refractivity (Wildman–Crippen MR) is 87.6 cm³/mol. The molecule has 0 bridgehead atoms. The van der Waals surface area contributed by atoms with E-state index in [-0.39, 0.29) is 30.1 Å². The minimum atomic E-state index is -1.35. The average molecular weight is 347 g/mol. The Kier molecular flexibility index (Phi) is 3.74. The second kappa shape index (κ2) is 5.71. The zero-order valence-electron chi connectivity index (χ0n) is 14.0. The second-order valence-corrected chi connectivity index (χ2v) is 7.65. The molecule has 3 fully saturated rings. The van der Waals surface area contributed by atoms with Crippen LogP contribution in [0, 0.1) is 17.2 Å². The summed E-state index contributed by atoms with van der Waals surface area (Å²) in [7, 11) is 0. The van der Waals surface area contributed by atoms with Crippen molar-refractivity contribution in [3.63, 3.8) is 0 Å². The molecule has 1 amide bonds. The molecule has 2 saturated carbocycles. The molecule has 5 nitrogen and oxygen atoms in total. The Morgan fingerprint density at radius 2 is 1.76 bits per heavy atom. The predicted octanol–water partition coefficient (Wildman–Crippen LogP) is 2.84. The molecule has 1 aromatic rings. The van der Waals surface area contributed by atoms with Crippen molar-refractivity contribution in [2.75, 3.05) is 13.1 Å². The first-order valence-corrected chi connectivity index (χ1v) is 8.91. The fourth-order valence-electron chi connectivity index (χ4n) is 4.28. The van der Waals surface area contributed by atoms with E-state index in [2.05, 4.69) is 0 Å². The van der Waals surface area contributed by atoms with Gasteiger partial charge in [0.1, 0.15) is 11.6 Å². The number of aliphatic carboxylic acids is 1. The second-order valence-electron chi connectivity index (χ2n) is 7.65. The van der Waals surface area contributed by atoms with Gasteiger partial charge in [0, 0.05) is 31.8 Å². The van der Waals surface area contributed by atoms with Crippen molar-refractivity contribution in [1.29, 1.82) is 0 Å². The summed E-state index contributed by atoms with van der Waals surface area (Å²) in [6.07, 6.45) is 5.01. The Morgan fingerprint density at radius 1 is 1.12 bits per heavy atom. The van der Waals surface area contributed by atoms with Gasteiger partial charge in [0.15, 0.2) is 0 Å².